The number of benzene rings is 2. The van der Waals surface area contributed by atoms with Crippen LogP contribution >= 0.6 is 23.2 Å². The number of halogens is 2. The van der Waals surface area contributed by atoms with Crippen LogP contribution in [0.4, 0.5) is 0 Å². The van der Waals surface area contributed by atoms with Gasteiger partial charge in [0.15, 0.2) is 0 Å². The summed E-state index contributed by atoms with van der Waals surface area (Å²) >= 11 is 12.6. The summed E-state index contributed by atoms with van der Waals surface area (Å²) in [6, 6.07) is 13.3. The third kappa shape index (κ3) is 3.51. The van der Waals surface area contributed by atoms with Gasteiger partial charge >= 0.3 is 0 Å². The molecule has 2 aliphatic heterocycles. The molecule has 1 fully saturated rings. The Morgan fingerprint density at radius 2 is 1.79 bits per heavy atom. The number of aryl methyl sites for hydroxylation is 1. The number of carbonyl (C=O) groups is 1. The summed E-state index contributed by atoms with van der Waals surface area (Å²) in [6.45, 7) is 0. The Labute approximate surface area is 206 Å². The lowest BCUT2D eigenvalue weighted by Gasteiger charge is -2.45. The summed E-state index contributed by atoms with van der Waals surface area (Å²) in [4.78, 5) is 15.9. The molecule has 2 unspecified atom stereocenters. The van der Waals surface area contributed by atoms with Gasteiger partial charge in [0.1, 0.15) is 12.7 Å². The second-order valence-corrected chi connectivity index (χ2v) is 9.80. The average molecular weight is 493 g/mol. The number of carbonyl (C=O) groups excluding carboxylic acids is 1. The van der Waals surface area contributed by atoms with E-state index in [4.69, 9.17) is 28.3 Å². The highest BCUT2D eigenvalue weighted by Crippen LogP contribution is 2.45. The molecule has 0 aliphatic carbocycles. The number of fused-ring (bicyclic) bond motifs is 4. The largest absolute Gasteiger partial charge is 0.327 e. The summed E-state index contributed by atoms with van der Waals surface area (Å²) in [6.07, 6.45) is 6.96. The molecule has 1 amide bonds. The van der Waals surface area contributed by atoms with E-state index in [2.05, 4.69) is 15.1 Å². The fraction of sp³-hybridized carbons (Fsp3) is 0.280. The molecule has 7 nitrogen and oxygen atoms in total. The van der Waals surface area contributed by atoms with Crippen molar-refractivity contribution in [2.24, 2.45) is 7.05 Å². The standard InChI is InChI=1S/C25H22Cl2N6O/c1-31-24(16-8-17(26)11-18(27)9-16)21-12-20-6-3-7-22(23(21)30-31)33(20)25(34)15-4-2-5-19(10-15)32-13-28-29-14-32/h2,4-5,8-11,13-14,20,22H,3,6-7,12H2,1H3. The van der Waals surface area contributed by atoms with Gasteiger partial charge in [-0.15, -0.1) is 10.2 Å². The van der Waals surface area contributed by atoms with Crippen LogP contribution in [-0.2, 0) is 13.5 Å². The SMILES string of the molecule is Cn1nc2c(c1-c1cc(Cl)cc(Cl)c1)CC1CCCC2N1C(=O)c1cccc(-n2cnnc2)c1. The minimum Gasteiger partial charge on any atom is -0.327 e. The van der Waals surface area contributed by atoms with Crippen LogP contribution in [-0.4, -0.2) is 41.4 Å². The fourth-order valence-corrected chi connectivity index (χ4v) is 6.01. The van der Waals surface area contributed by atoms with Gasteiger partial charge in [-0.05, 0) is 62.1 Å². The van der Waals surface area contributed by atoms with Crippen molar-refractivity contribution in [3.8, 4) is 16.9 Å². The molecule has 2 aliphatic rings. The van der Waals surface area contributed by atoms with Gasteiger partial charge in [-0.25, -0.2) is 0 Å². The summed E-state index contributed by atoms with van der Waals surface area (Å²) in [5.41, 5.74) is 5.66. The highest BCUT2D eigenvalue weighted by Gasteiger charge is 2.43. The monoisotopic (exact) mass is 492 g/mol. The zero-order valence-corrected chi connectivity index (χ0v) is 20.0. The van der Waals surface area contributed by atoms with Crippen LogP contribution in [0.3, 0.4) is 0 Å². The number of rotatable bonds is 3. The Kier molecular flexibility index (Phi) is 5.19. The second-order valence-electron chi connectivity index (χ2n) is 8.93. The summed E-state index contributed by atoms with van der Waals surface area (Å²) in [7, 11) is 1.95. The first-order valence-corrected chi connectivity index (χ1v) is 12.0. The second kappa shape index (κ2) is 8.25. The van der Waals surface area contributed by atoms with Crippen LogP contribution in [0.2, 0.25) is 10.0 Å². The van der Waals surface area contributed by atoms with Gasteiger partial charge in [-0.3, -0.25) is 14.0 Å². The molecular formula is C25H22Cl2N6O. The Morgan fingerprint density at radius 3 is 2.56 bits per heavy atom. The predicted molar refractivity (Wildman–Crippen MR) is 130 cm³/mol. The minimum atomic E-state index is -0.0526. The van der Waals surface area contributed by atoms with Crippen LogP contribution in [0.1, 0.15) is 46.9 Å². The highest BCUT2D eigenvalue weighted by molar-refractivity contribution is 6.35. The van der Waals surface area contributed by atoms with Gasteiger partial charge in [-0.2, -0.15) is 5.10 Å². The first-order chi connectivity index (χ1) is 16.5. The molecule has 2 atom stereocenters. The molecule has 0 spiro atoms. The molecular weight excluding hydrogens is 471 g/mol. The summed E-state index contributed by atoms with van der Waals surface area (Å²) in [5, 5.41) is 13.8. The molecule has 1 saturated heterocycles. The summed E-state index contributed by atoms with van der Waals surface area (Å²) < 4.78 is 3.70. The van der Waals surface area contributed by atoms with E-state index in [-0.39, 0.29) is 18.0 Å². The number of aromatic nitrogens is 5. The van der Waals surface area contributed by atoms with Crippen LogP contribution in [0.15, 0.2) is 55.1 Å². The van der Waals surface area contributed by atoms with Crippen molar-refractivity contribution < 1.29 is 4.79 Å². The van der Waals surface area contributed by atoms with E-state index in [0.29, 0.717) is 15.6 Å². The molecule has 0 N–H and O–H groups in total. The Morgan fingerprint density at radius 1 is 1.03 bits per heavy atom. The Hall–Kier alpha value is -3.16. The quantitative estimate of drug-likeness (QED) is 0.390. The Balaban J connectivity index is 1.40. The van der Waals surface area contributed by atoms with E-state index in [0.717, 1.165) is 48.3 Å². The van der Waals surface area contributed by atoms with Gasteiger partial charge in [0, 0.05) is 45.5 Å². The van der Waals surface area contributed by atoms with Crippen molar-refractivity contribution in [3.05, 3.63) is 82.0 Å². The first-order valence-electron chi connectivity index (χ1n) is 11.3. The molecule has 6 rings (SSSR count). The lowest BCUT2D eigenvalue weighted by atomic mass is 9.81. The number of hydrogen-bond donors (Lipinski definition) is 0. The number of hydrogen-bond acceptors (Lipinski definition) is 4. The minimum absolute atomic E-state index is 0.0354. The predicted octanol–water partition coefficient (Wildman–Crippen LogP) is 5.27. The lowest BCUT2D eigenvalue weighted by Crippen LogP contribution is -2.49. The highest BCUT2D eigenvalue weighted by atomic mass is 35.5. The van der Waals surface area contributed by atoms with Crippen molar-refractivity contribution in [2.45, 2.75) is 37.8 Å². The average Bonchev–Trinajstić information content (AvgIpc) is 3.46. The molecule has 9 heteroatoms. The maximum absolute atomic E-state index is 13.8. The lowest BCUT2D eigenvalue weighted by molar-refractivity contribution is 0.0392. The molecule has 4 aromatic rings. The topological polar surface area (TPSA) is 68.8 Å². The smallest absolute Gasteiger partial charge is 0.254 e. The zero-order chi connectivity index (χ0) is 23.4. The summed E-state index contributed by atoms with van der Waals surface area (Å²) in [5.74, 6) is 0.0354. The van der Waals surface area contributed by atoms with Crippen LogP contribution in [0.5, 0.6) is 0 Å². The first kappa shape index (κ1) is 21.4. The number of piperidine rings is 1. The van der Waals surface area contributed by atoms with E-state index >= 15 is 0 Å². The van der Waals surface area contributed by atoms with E-state index in [1.165, 1.54) is 5.56 Å². The van der Waals surface area contributed by atoms with E-state index in [1.54, 1.807) is 23.3 Å². The van der Waals surface area contributed by atoms with E-state index < -0.39 is 0 Å². The van der Waals surface area contributed by atoms with Gasteiger partial charge in [0.25, 0.3) is 5.91 Å². The van der Waals surface area contributed by atoms with Crippen molar-refractivity contribution >= 4 is 29.1 Å². The molecule has 34 heavy (non-hydrogen) atoms. The van der Waals surface area contributed by atoms with Crippen molar-refractivity contribution in [3.63, 3.8) is 0 Å². The van der Waals surface area contributed by atoms with Gasteiger partial charge in [0.2, 0.25) is 0 Å². The normalized spacial score (nSPS) is 19.2. The van der Waals surface area contributed by atoms with Crippen molar-refractivity contribution in [2.75, 3.05) is 0 Å². The van der Waals surface area contributed by atoms with E-state index in [9.17, 15) is 4.79 Å². The Bertz CT molecular complexity index is 1380. The van der Waals surface area contributed by atoms with Crippen LogP contribution < -0.4 is 0 Å². The number of nitrogens with zero attached hydrogens (tertiary/aromatic N) is 6. The van der Waals surface area contributed by atoms with Crippen molar-refractivity contribution in [1.82, 2.24) is 29.4 Å². The van der Waals surface area contributed by atoms with Crippen LogP contribution in [0.25, 0.3) is 16.9 Å². The van der Waals surface area contributed by atoms with Gasteiger partial charge < -0.3 is 4.90 Å². The van der Waals surface area contributed by atoms with Gasteiger partial charge in [-0.1, -0.05) is 29.3 Å². The molecule has 2 aromatic carbocycles. The maximum atomic E-state index is 13.8. The van der Waals surface area contributed by atoms with Gasteiger partial charge in [0.05, 0.1) is 17.4 Å². The third-order valence-corrected chi connectivity index (χ3v) is 7.29. The molecule has 2 bridgehead atoms. The molecule has 4 heterocycles. The van der Waals surface area contributed by atoms with Crippen molar-refractivity contribution in [1.29, 1.82) is 0 Å². The molecule has 0 radical (unpaired) electrons. The molecule has 2 aromatic heterocycles. The molecule has 0 saturated carbocycles. The number of amides is 1. The van der Waals surface area contributed by atoms with Crippen LogP contribution in [0, 0.1) is 0 Å². The fourth-order valence-electron chi connectivity index (χ4n) is 5.48. The van der Waals surface area contributed by atoms with E-state index in [1.807, 2.05) is 48.1 Å². The molecule has 172 valence electrons. The maximum Gasteiger partial charge on any atom is 0.254 e. The third-order valence-electron chi connectivity index (χ3n) is 6.86. The zero-order valence-electron chi connectivity index (χ0n) is 18.5.